The topological polar surface area (TPSA) is 70.5 Å². The molecule has 146 valence electrons. The molecule has 0 aliphatic carbocycles. The molecule has 0 saturated heterocycles. The molecule has 0 bridgehead atoms. The Bertz CT molecular complexity index is 539. The monoisotopic (exact) mass is 360 g/mol. The van der Waals surface area contributed by atoms with Crippen LogP contribution in [0.3, 0.4) is 0 Å². The van der Waals surface area contributed by atoms with Crippen molar-refractivity contribution in [3.05, 3.63) is 54.1 Å². The summed E-state index contributed by atoms with van der Waals surface area (Å²) in [5.74, 6) is 1.83. The molecule has 0 fully saturated rings. The zero-order valence-electron chi connectivity index (χ0n) is 16.8. The maximum Gasteiger partial charge on any atom is 0.119 e. The molecule has 0 spiro atoms. The van der Waals surface area contributed by atoms with E-state index in [2.05, 4.69) is 13.8 Å². The largest absolute Gasteiger partial charge is 0.494 e. The van der Waals surface area contributed by atoms with Gasteiger partial charge in [0.25, 0.3) is 0 Å². The summed E-state index contributed by atoms with van der Waals surface area (Å²) in [6, 6.07) is 15.4. The summed E-state index contributed by atoms with van der Waals surface area (Å²) < 4.78 is 10.9. The number of nitrogens with two attached hydrogens (primary N) is 2. The number of nitrogen functional groups attached to an aromatic ring is 1. The van der Waals surface area contributed by atoms with Crippen molar-refractivity contribution in [2.45, 2.75) is 53.5 Å². The highest BCUT2D eigenvalue weighted by Gasteiger charge is 1.92. The molecule has 0 aliphatic heterocycles. The maximum atomic E-state index is 5.53. The number of rotatable bonds is 8. The second-order valence-corrected chi connectivity index (χ2v) is 5.47. The predicted octanol–water partition coefficient (Wildman–Crippen LogP) is 5.41. The van der Waals surface area contributed by atoms with Crippen LogP contribution < -0.4 is 20.9 Å². The van der Waals surface area contributed by atoms with E-state index in [9.17, 15) is 0 Å². The molecule has 0 atom stereocenters. The predicted molar refractivity (Wildman–Crippen MR) is 113 cm³/mol. The van der Waals surface area contributed by atoms with Gasteiger partial charge in [-0.15, -0.1) is 0 Å². The van der Waals surface area contributed by atoms with Crippen LogP contribution in [0.2, 0.25) is 0 Å². The minimum Gasteiger partial charge on any atom is -0.494 e. The van der Waals surface area contributed by atoms with Gasteiger partial charge in [0.2, 0.25) is 0 Å². The normalized spacial score (nSPS) is 9.27. The molecule has 0 radical (unpaired) electrons. The van der Waals surface area contributed by atoms with E-state index in [-0.39, 0.29) is 0 Å². The first-order valence-corrected chi connectivity index (χ1v) is 9.59. The van der Waals surface area contributed by atoms with Crippen LogP contribution in [-0.2, 0) is 6.54 Å². The Morgan fingerprint density at radius 3 is 1.69 bits per heavy atom. The first kappa shape index (κ1) is 23.8. The third kappa shape index (κ3) is 11.4. The first-order chi connectivity index (χ1) is 12.7. The van der Waals surface area contributed by atoms with E-state index in [1.807, 2.05) is 62.4 Å². The van der Waals surface area contributed by atoms with E-state index in [1.165, 1.54) is 0 Å². The average molecular weight is 361 g/mol. The van der Waals surface area contributed by atoms with Crippen molar-refractivity contribution in [1.82, 2.24) is 0 Å². The minimum absolute atomic E-state index is 0.591. The van der Waals surface area contributed by atoms with Gasteiger partial charge in [0.15, 0.2) is 0 Å². The molecule has 0 amide bonds. The van der Waals surface area contributed by atoms with Gasteiger partial charge in [-0.25, -0.2) is 0 Å². The molecule has 4 nitrogen and oxygen atoms in total. The van der Waals surface area contributed by atoms with Crippen molar-refractivity contribution < 1.29 is 9.47 Å². The van der Waals surface area contributed by atoms with Crippen molar-refractivity contribution in [3.63, 3.8) is 0 Å². The molecular weight excluding hydrogens is 324 g/mol. The molecule has 2 aromatic rings. The van der Waals surface area contributed by atoms with Gasteiger partial charge in [-0.05, 0) is 54.8 Å². The number of benzene rings is 2. The number of hydrogen-bond acceptors (Lipinski definition) is 4. The fourth-order valence-corrected chi connectivity index (χ4v) is 1.84. The van der Waals surface area contributed by atoms with Crippen LogP contribution in [0.15, 0.2) is 48.5 Å². The SMILES string of the molecule is CC.CCCCOc1ccc(N)cc1.CCCOc1ccc(CN)cc1. The van der Waals surface area contributed by atoms with Crippen molar-refractivity contribution >= 4 is 5.69 Å². The lowest BCUT2D eigenvalue weighted by atomic mass is 10.2. The van der Waals surface area contributed by atoms with Gasteiger partial charge < -0.3 is 20.9 Å². The number of unbranched alkanes of at least 4 members (excludes halogenated alkanes) is 1. The summed E-state index contributed by atoms with van der Waals surface area (Å²) in [6.07, 6.45) is 3.30. The molecule has 4 N–H and O–H groups in total. The summed E-state index contributed by atoms with van der Waals surface area (Å²) in [6.45, 7) is 10.4. The van der Waals surface area contributed by atoms with Crippen molar-refractivity contribution in [2.24, 2.45) is 5.73 Å². The second kappa shape index (κ2) is 16.3. The Balaban J connectivity index is 0.000000439. The Kier molecular flexibility index (Phi) is 14.9. The van der Waals surface area contributed by atoms with E-state index in [1.54, 1.807) is 0 Å². The van der Waals surface area contributed by atoms with Crippen LogP contribution in [-0.4, -0.2) is 13.2 Å². The molecule has 26 heavy (non-hydrogen) atoms. The van der Waals surface area contributed by atoms with Crippen LogP contribution >= 0.6 is 0 Å². The molecule has 0 aromatic heterocycles. The van der Waals surface area contributed by atoms with Gasteiger partial charge in [-0.1, -0.05) is 46.2 Å². The Labute approximate surface area is 159 Å². The van der Waals surface area contributed by atoms with E-state index < -0.39 is 0 Å². The number of hydrogen-bond donors (Lipinski definition) is 2. The van der Waals surface area contributed by atoms with Gasteiger partial charge >= 0.3 is 0 Å². The van der Waals surface area contributed by atoms with Gasteiger partial charge in [0, 0.05) is 12.2 Å². The summed E-state index contributed by atoms with van der Waals surface area (Å²) in [5, 5.41) is 0. The zero-order valence-corrected chi connectivity index (χ0v) is 16.8. The fraction of sp³-hybridized carbons (Fsp3) is 0.455. The lowest BCUT2D eigenvalue weighted by Gasteiger charge is -2.04. The molecule has 0 aliphatic rings. The van der Waals surface area contributed by atoms with Crippen LogP contribution in [0, 0.1) is 0 Å². The van der Waals surface area contributed by atoms with E-state index in [4.69, 9.17) is 20.9 Å². The van der Waals surface area contributed by atoms with Crippen molar-refractivity contribution in [1.29, 1.82) is 0 Å². The summed E-state index contributed by atoms with van der Waals surface area (Å²) in [7, 11) is 0. The van der Waals surface area contributed by atoms with Crippen molar-refractivity contribution in [2.75, 3.05) is 18.9 Å². The summed E-state index contributed by atoms with van der Waals surface area (Å²) in [4.78, 5) is 0. The molecule has 4 heteroatoms. The van der Waals surface area contributed by atoms with Gasteiger partial charge in [-0.2, -0.15) is 0 Å². The lowest BCUT2D eigenvalue weighted by molar-refractivity contribution is 0.309. The summed E-state index contributed by atoms with van der Waals surface area (Å²) in [5.41, 5.74) is 12.9. The van der Waals surface area contributed by atoms with Gasteiger partial charge in [0.05, 0.1) is 13.2 Å². The molecular formula is C22H36N2O2. The molecule has 2 aromatic carbocycles. The maximum absolute atomic E-state index is 5.53. The quantitative estimate of drug-likeness (QED) is 0.488. The van der Waals surface area contributed by atoms with Crippen LogP contribution in [0.4, 0.5) is 5.69 Å². The molecule has 0 saturated carbocycles. The van der Waals surface area contributed by atoms with Crippen molar-refractivity contribution in [3.8, 4) is 11.5 Å². The lowest BCUT2D eigenvalue weighted by Crippen LogP contribution is -1.97. The van der Waals surface area contributed by atoms with E-state index >= 15 is 0 Å². The minimum atomic E-state index is 0.591. The van der Waals surface area contributed by atoms with Crippen LogP contribution in [0.1, 0.15) is 52.5 Å². The highest BCUT2D eigenvalue weighted by molar-refractivity contribution is 5.41. The second-order valence-electron chi connectivity index (χ2n) is 5.47. The van der Waals surface area contributed by atoms with E-state index in [0.29, 0.717) is 6.54 Å². The Hall–Kier alpha value is -2.20. The third-order valence-corrected chi connectivity index (χ3v) is 3.28. The van der Waals surface area contributed by atoms with Crippen LogP contribution in [0.25, 0.3) is 0 Å². The van der Waals surface area contributed by atoms with Crippen LogP contribution in [0.5, 0.6) is 11.5 Å². The summed E-state index contributed by atoms with van der Waals surface area (Å²) >= 11 is 0. The standard InChI is InChI=1S/2C10H15NO.C2H6/c1-2-7-12-10-5-3-9(8-11)4-6-10;1-2-3-8-12-10-6-4-9(11)5-7-10;1-2/h3-6H,2,7-8,11H2,1H3;4-7H,2-3,8,11H2,1H3;1-2H3. The number of ether oxygens (including phenoxy) is 2. The Morgan fingerprint density at radius 2 is 1.23 bits per heavy atom. The first-order valence-electron chi connectivity index (χ1n) is 9.59. The Morgan fingerprint density at radius 1 is 0.731 bits per heavy atom. The zero-order chi connectivity index (χ0) is 19.6. The van der Waals surface area contributed by atoms with Gasteiger partial charge in [-0.3, -0.25) is 0 Å². The number of anilines is 1. The third-order valence-electron chi connectivity index (χ3n) is 3.28. The average Bonchev–Trinajstić information content (AvgIpc) is 2.70. The van der Waals surface area contributed by atoms with E-state index in [0.717, 1.165) is 55.2 Å². The smallest absolute Gasteiger partial charge is 0.119 e. The fourth-order valence-electron chi connectivity index (χ4n) is 1.84. The highest BCUT2D eigenvalue weighted by Crippen LogP contribution is 2.13. The molecule has 0 unspecified atom stereocenters. The highest BCUT2D eigenvalue weighted by atomic mass is 16.5. The molecule has 2 rings (SSSR count). The molecule has 0 heterocycles. The van der Waals surface area contributed by atoms with Gasteiger partial charge in [0.1, 0.15) is 11.5 Å².